The minimum Gasteiger partial charge on any atom is -0.397 e. The average molecular weight is 441 g/mol. The van der Waals surface area contributed by atoms with Gasteiger partial charge in [0.25, 0.3) is 11.3 Å². The summed E-state index contributed by atoms with van der Waals surface area (Å²) in [6.07, 6.45) is 8.59. The van der Waals surface area contributed by atoms with E-state index in [9.17, 15) is 9.00 Å². The molecule has 0 radical (unpaired) electrons. The Morgan fingerprint density at radius 1 is 0.968 bits per heavy atom. The Bertz CT molecular complexity index is 894. The van der Waals surface area contributed by atoms with Crippen LogP contribution in [0.25, 0.3) is 6.08 Å². The van der Waals surface area contributed by atoms with Gasteiger partial charge in [0, 0.05) is 63.3 Å². The van der Waals surface area contributed by atoms with E-state index in [1.807, 2.05) is 47.4 Å². The summed E-state index contributed by atoms with van der Waals surface area (Å²) in [6, 6.07) is 13.8. The highest BCUT2D eigenvalue weighted by atomic mass is 32.2. The molecule has 0 spiro atoms. The number of piperidine rings is 1. The Hall–Kier alpha value is -2.71. The summed E-state index contributed by atoms with van der Waals surface area (Å²) in [5, 5.41) is 0. The zero-order valence-electron chi connectivity index (χ0n) is 17.5. The van der Waals surface area contributed by atoms with Gasteiger partial charge in [0.15, 0.2) is 0 Å². The highest BCUT2D eigenvalue weighted by Crippen LogP contribution is 2.24. The molecule has 2 aliphatic rings. The molecule has 0 N–H and O–H groups in total. The van der Waals surface area contributed by atoms with E-state index in [-0.39, 0.29) is 11.8 Å². The van der Waals surface area contributed by atoms with Crippen molar-refractivity contribution < 1.29 is 13.2 Å². The summed E-state index contributed by atoms with van der Waals surface area (Å²) in [5.74, 6) is 0.296. The maximum absolute atomic E-state index is 13.0. The minimum atomic E-state index is -1.54. The first kappa shape index (κ1) is 21.5. The molecular formula is C23H28N4O3S. The summed E-state index contributed by atoms with van der Waals surface area (Å²) in [7, 11) is 0. The van der Waals surface area contributed by atoms with Gasteiger partial charge in [-0.1, -0.05) is 30.3 Å². The molecule has 1 aromatic heterocycles. The lowest BCUT2D eigenvalue weighted by Crippen LogP contribution is -2.52. The van der Waals surface area contributed by atoms with Crippen LogP contribution < -0.4 is 4.90 Å². The topological polar surface area (TPSA) is 66.0 Å². The van der Waals surface area contributed by atoms with Crippen LogP contribution in [0, 0.1) is 5.92 Å². The Balaban J connectivity index is 1.20. The van der Waals surface area contributed by atoms with Crippen LogP contribution in [0.3, 0.4) is 0 Å². The number of pyridine rings is 1. The molecule has 0 bridgehead atoms. The van der Waals surface area contributed by atoms with Crippen molar-refractivity contribution in [3.63, 3.8) is 0 Å². The fraction of sp³-hybridized carbons (Fsp3) is 0.391. The summed E-state index contributed by atoms with van der Waals surface area (Å²) < 4.78 is 19.5. The number of amides is 1. The Morgan fingerprint density at radius 3 is 2.32 bits per heavy atom. The third-order valence-corrected chi connectivity index (χ3v) is 6.89. The predicted molar refractivity (Wildman–Crippen MR) is 122 cm³/mol. The first-order valence-electron chi connectivity index (χ1n) is 10.7. The largest absolute Gasteiger partial charge is 0.397 e. The second kappa shape index (κ2) is 10.5. The molecule has 7 nitrogen and oxygen atoms in total. The summed E-state index contributed by atoms with van der Waals surface area (Å²) in [4.78, 5) is 21.3. The molecule has 3 heterocycles. The van der Waals surface area contributed by atoms with E-state index in [1.54, 1.807) is 22.8 Å². The second-order valence-electron chi connectivity index (χ2n) is 7.75. The van der Waals surface area contributed by atoms with Crippen LogP contribution in [0.1, 0.15) is 18.4 Å². The maximum atomic E-state index is 13.0. The maximum Gasteiger partial charge on any atom is 0.290 e. The molecular weight excluding hydrogens is 412 g/mol. The molecule has 2 aliphatic heterocycles. The molecule has 4 rings (SSSR count). The van der Waals surface area contributed by atoms with Gasteiger partial charge in [-0.15, -0.1) is 0 Å². The Morgan fingerprint density at radius 2 is 1.65 bits per heavy atom. The lowest BCUT2D eigenvalue weighted by atomic mass is 9.94. The Labute approximate surface area is 186 Å². The molecule has 31 heavy (non-hydrogen) atoms. The highest BCUT2D eigenvalue weighted by Gasteiger charge is 2.31. The molecule has 0 aliphatic carbocycles. The lowest BCUT2D eigenvalue weighted by molar-refractivity contribution is -0.137. The number of benzene rings is 1. The summed E-state index contributed by atoms with van der Waals surface area (Å²) >= 11 is -1.54. The molecule has 1 aromatic carbocycles. The van der Waals surface area contributed by atoms with E-state index in [1.165, 1.54) is 11.9 Å². The number of carbonyl (C=O) groups is 1. The van der Waals surface area contributed by atoms with Gasteiger partial charge < -0.3 is 14.0 Å². The number of rotatable bonds is 6. The third-order valence-electron chi connectivity index (χ3n) is 5.83. The van der Waals surface area contributed by atoms with Gasteiger partial charge in [-0.25, -0.2) is 0 Å². The normalized spacial score (nSPS) is 19.5. The van der Waals surface area contributed by atoms with Crippen molar-refractivity contribution in [2.75, 3.05) is 44.2 Å². The molecule has 2 aromatic rings. The second-order valence-corrected chi connectivity index (χ2v) is 8.89. The van der Waals surface area contributed by atoms with E-state index in [4.69, 9.17) is 4.18 Å². The van der Waals surface area contributed by atoms with Crippen LogP contribution in [0.5, 0.6) is 0 Å². The van der Waals surface area contributed by atoms with Crippen molar-refractivity contribution >= 4 is 28.9 Å². The van der Waals surface area contributed by atoms with Crippen LogP contribution in [0.4, 0.5) is 5.69 Å². The third kappa shape index (κ3) is 5.71. The average Bonchev–Trinajstić information content (AvgIpc) is 2.85. The van der Waals surface area contributed by atoms with Crippen molar-refractivity contribution in [3.05, 3.63) is 66.7 Å². The molecule has 2 fully saturated rings. The number of piperazine rings is 1. The van der Waals surface area contributed by atoms with Crippen LogP contribution in [-0.2, 0) is 20.2 Å². The van der Waals surface area contributed by atoms with Gasteiger partial charge in [0.2, 0.25) is 5.91 Å². The Kier molecular flexibility index (Phi) is 7.32. The standard InChI is InChI=1S/C23H28N4O3S/c28-23(21-8-13-25(14-9-21)22-6-11-24-12-7-22)26-15-17-27(18-16-26)31(29)30-19-10-20-4-2-1-3-5-20/h1-7,10-12,19,21H,8-9,13-18H2. The molecule has 1 atom stereocenters. The van der Waals surface area contributed by atoms with Crippen LogP contribution >= 0.6 is 0 Å². The van der Waals surface area contributed by atoms with E-state index in [2.05, 4.69) is 9.88 Å². The number of hydrogen-bond donors (Lipinski definition) is 0. The zero-order chi connectivity index (χ0) is 21.5. The van der Waals surface area contributed by atoms with Gasteiger partial charge in [-0.05, 0) is 36.6 Å². The molecule has 0 saturated carbocycles. The monoisotopic (exact) mass is 440 g/mol. The van der Waals surface area contributed by atoms with Gasteiger partial charge in [-0.3, -0.25) is 9.78 Å². The van der Waals surface area contributed by atoms with Crippen LogP contribution in [0.2, 0.25) is 0 Å². The van der Waals surface area contributed by atoms with Gasteiger partial charge in [0.05, 0.1) is 0 Å². The zero-order valence-corrected chi connectivity index (χ0v) is 18.3. The van der Waals surface area contributed by atoms with Crippen molar-refractivity contribution in [2.45, 2.75) is 12.8 Å². The number of aromatic nitrogens is 1. The number of nitrogens with zero attached hydrogens (tertiary/aromatic N) is 4. The first-order chi connectivity index (χ1) is 15.2. The lowest BCUT2D eigenvalue weighted by Gasteiger charge is -2.38. The van der Waals surface area contributed by atoms with Crippen molar-refractivity contribution in [1.82, 2.24) is 14.2 Å². The first-order valence-corrected chi connectivity index (χ1v) is 11.7. The predicted octanol–water partition coefficient (Wildman–Crippen LogP) is 2.71. The van der Waals surface area contributed by atoms with Crippen molar-refractivity contribution in [3.8, 4) is 0 Å². The molecule has 1 unspecified atom stereocenters. The molecule has 8 heteroatoms. The summed E-state index contributed by atoms with van der Waals surface area (Å²) in [5.41, 5.74) is 2.16. The molecule has 2 saturated heterocycles. The summed E-state index contributed by atoms with van der Waals surface area (Å²) in [6.45, 7) is 4.03. The highest BCUT2D eigenvalue weighted by molar-refractivity contribution is 7.77. The number of anilines is 1. The van der Waals surface area contributed by atoms with Crippen LogP contribution in [-0.4, -0.2) is 63.6 Å². The van der Waals surface area contributed by atoms with E-state index < -0.39 is 11.3 Å². The van der Waals surface area contributed by atoms with Gasteiger partial charge >= 0.3 is 0 Å². The van der Waals surface area contributed by atoms with Crippen LogP contribution in [0.15, 0.2) is 61.1 Å². The van der Waals surface area contributed by atoms with Crippen molar-refractivity contribution in [2.24, 2.45) is 5.92 Å². The van der Waals surface area contributed by atoms with Gasteiger partial charge in [0.1, 0.15) is 6.26 Å². The number of hydrogen-bond acceptors (Lipinski definition) is 5. The molecule has 164 valence electrons. The van der Waals surface area contributed by atoms with E-state index >= 15 is 0 Å². The smallest absolute Gasteiger partial charge is 0.290 e. The fourth-order valence-corrected chi connectivity index (χ4v) is 4.77. The van der Waals surface area contributed by atoms with Crippen molar-refractivity contribution in [1.29, 1.82) is 0 Å². The van der Waals surface area contributed by atoms with E-state index in [0.29, 0.717) is 26.2 Å². The quantitative estimate of drug-likeness (QED) is 0.647. The SMILES string of the molecule is O=C(C1CCN(c2ccncc2)CC1)N1CCN(S(=O)OC=Cc2ccccc2)CC1. The van der Waals surface area contributed by atoms with Gasteiger partial charge in [-0.2, -0.15) is 8.51 Å². The fourth-order valence-electron chi connectivity index (χ4n) is 4.03. The molecule has 1 amide bonds. The van der Waals surface area contributed by atoms with E-state index in [0.717, 1.165) is 31.5 Å². The minimum absolute atomic E-state index is 0.0696. The number of carbonyl (C=O) groups excluding carboxylic acids is 1.